The minimum Gasteiger partial charge on any atom is -0.376 e. The van der Waals surface area contributed by atoms with E-state index in [1.807, 2.05) is 6.07 Å². The second kappa shape index (κ2) is 7.61. The standard InChI is InChI=1S/C16H26FNO/c1-5-11-18-15(16(6-2,7-3)19-4)13-9-8-10-14(17)12-13/h8-10,12,15,18H,5-7,11H2,1-4H3. The van der Waals surface area contributed by atoms with Gasteiger partial charge in [-0.05, 0) is 43.5 Å². The molecule has 19 heavy (non-hydrogen) atoms. The average molecular weight is 267 g/mol. The number of hydrogen-bond donors (Lipinski definition) is 1. The molecule has 0 bridgehead atoms. The Kier molecular flexibility index (Phi) is 6.46. The summed E-state index contributed by atoms with van der Waals surface area (Å²) in [6.07, 6.45) is 2.81. The maximum atomic E-state index is 13.5. The summed E-state index contributed by atoms with van der Waals surface area (Å²) in [5.41, 5.74) is 0.669. The van der Waals surface area contributed by atoms with Crippen molar-refractivity contribution in [1.29, 1.82) is 0 Å². The lowest BCUT2D eigenvalue weighted by atomic mass is 9.83. The average Bonchev–Trinajstić information content (AvgIpc) is 2.44. The molecule has 0 radical (unpaired) electrons. The summed E-state index contributed by atoms with van der Waals surface area (Å²) in [6, 6.07) is 6.83. The van der Waals surface area contributed by atoms with Gasteiger partial charge in [-0.25, -0.2) is 4.39 Å². The first-order valence-corrected chi connectivity index (χ1v) is 7.17. The van der Waals surface area contributed by atoms with Crippen molar-refractivity contribution in [2.45, 2.75) is 51.7 Å². The van der Waals surface area contributed by atoms with Crippen molar-refractivity contribution in [1.82, 2.24) is 5.32 Å². The second-order valence-electron chi connectivity index (χ2n) is 4.92. The van der Waals surface area contributed by atoms with Gasteiger partial charge in [-0.15, -0.1) is 0 Å². The predicted molar refractivity (Wildman–Crippen MR) is 77.8 cm³/mol. The van der Waals surface area contributed by atoms with Crippen molar-refractivity contribution in [3.63, 3.8) is 0 Å². The van der Waals surface area contributed by atoms with Crippen molar-refractivity contribution in [2.75, 3.05) is 13.7 Å². The third-order valence-electron chi connectivity index (χ3n) is 3.91. The molecule has 1 atom stereocenters. The maximum Gasteiger partial charge on any atom is 0.123 e. The molecule has 0 spiro atoms. The molecule has 108 valence electrons. The maximum absolute atomic E-state index is 13.5. The van der Waals surface area contributed by atoms with E-state index in [9.17, 15) is 4.39 Å². The van der Waals surface area contributed by atoms with Gasteiger partial charge in [-0.1, -0.05) is 32.9 Å². The van der Waals surface area contributed by atoms with Gasteiger partial charge in [-0.3, -0.25) is 0 Å². The predicted octanol–water partition coefficient (Wildman–Crippen LogP) is 4.07. The van der Waals surface area contributed by atoms with Gasteiger partial charge in [0.15, 0.2) is 0 Å². The molecule has 2 nitrogen and oxygen atoms in total. The van der Waals surface area contributed by atoms with Gasteiger partial charge in [0.1, 0.15) is 5.82 Å². The van der Waals surface area contributed by atoms with E-state index in [2.05, 4.69) is 26.1 Å². The van der Waals surface area contributed by atoms with Crippen molar-refractivity contribution in [3.8, 4) is 0 Å². The first kappa shape index (κ1) is 16.1. The molecule has 1 rings (SSSR count). The van der Waals surface area contributed by atoms with E-state index >= 15 is 0 Å². The van der Waals surface area contributed by atoms with Crippen molar-refractivity contribution in [2.24, 2.45) is 0 Å². The second-order valence-corrected chi connectivity index (χ2v) is 4.92. The van der Waals surface area contributed by atoms with Crippen molar-refractivity contribution in [3.05, 3.63) is 35.6 Å². The molecule has 0 saturated carbocycles. The van der Waals surface area contributed by atoms with Crippen LogP contribution in [-0.2, 0) is 4.74 Å². The summed E-state index contributed by atoms with van der Waals surface area (Å²) in [5, 5.41) is 3.51. The fourth-order valence-electron chi connectivity index (χ4n) is 2.65. The third-order valence-corrected chi connectivity index (χ3v) is 3.91. The molecule has 0 saturated heterocycles. The van der Waals surface area contributed by atoms with E-state index in [-0.39, 0.29) is 17.5 Å². The Morgan fingerprint density at radius 3 is 2.42 bits per heavy atom. The molecule has 0 aromatic heterocycles. The van der Waals surface area contributed by atoms with Crippen LogP contribution in [0.2, 0.25) is 0 Å². The molecule has 0 heterocycles. The summed E-state index contributed by atoms with van der Waals surface area (Å²) in [7, 11) is 1.74. The molecule has 3 heteroatoms. The fraction of sp³-hybridized carbons (Fsp3) is 0.625. The van der Waals surface area contributed by atoms with Crippen LogP contribution in [0.15, 0.2) is 24.3 Å². The fourth-order valence-corrected chi connectivity index (χ4v) is 2.65. The van der Waals surface area contributed by atoms with Crippen LogP contribution in [0.5, 0.6) is 0 Å². The van der Waals surface area contributed by atoms with Gasteiger partial charge in [0.25, 0.3) is 0 Å². The molecule has 1 unspecified atom stereocenters. The molecule has 0 amide bonds. The lowest BCUT2D eigenvalue weighted by Gasteiger charge is -2.39. The minimum absolute atomic E-state index is 0.0168. The zero-order valence-electron chi connectivity index (χ0n) is 12.5. The van der Waals surface area contributed by atoms with Gasteiger partial charge < -0.3 is 10.1 Å². The number of hydrogen-bond acceptors (Lipinski definition) is 2. The van der Waals surface area contributed by atoms with Crippen LogP contribution in [0.4, 0.5) is 4.39 Å². The monoisotopic (exact) mass is 267 g/mol. The third kappa shape index (κ3) is 3.77. The molecule has 0 fully saturated rings. The van der Waals surface area contributed by atoms with Gasteiger partial charge in [0.05, 0.1) is 11.6 Å². The lowest BCUT2D eigenvalue weighted by Crippen LogP contribution is -2.45. The molecular weight excluding hydrogens is 241 g/mol. The van der Waals surface area contributed by atoms with Crippen LogP contribution < -0.4 is 5.32 Å². The van der Waals surface area contributed by atoms with E-state index in [0.29, 0.717) is 0 Å². The number of methoxy groups -OCH3 is 1. The van der Waals surface area contributed by atoms with Crippen LogP contribution in [0.3, 0.4) is 0 Å². The summed E-state index contributed by atoms with van der Waals surface area (Å²) in [6.45, 7) is 7.26. The zero-order valence-corrected chi connectivity index (χ0v) is 12.5. The number of rotatable bonds is 8. The number of benzene rings is 1. The Bertz CT molecular complexity index is 369. The van der Waals surface area contributed by atoms with Crippen LogP contribution in [0, 0.1) is 5.82 Å². The van der Waals surface area contributed by atoms with Crippen LogP contribution in [0.1, 0.15) is 51.6 Å². The van der Waals surface area contributed by atoms with E-state index in [1.165, 1.54) is 6.07 Å². The number of halogens is 1. The zero-order chi connectivity index (χ0) is 14.3. The van der Waals surface area contributed by atoms with Gasteiger partial charge in [0.2, 0.25) is 0 Å². The van der Waals surface area contributed by atoms with Crippen molar-refractivity contribution >= 4 is 0 Å². The van der Waals surface area contributed by atoms with E-state index in [4.69, 9.17) is 4.74 Å². The highest BCUT2D eigenvalue weighted by Gasteiger charge is 2.36. The number of ether oxygens (including phenoxy) is 1. The largest absolute Gasteiger partial charge is 0.376 e. The van der Waals surface area contributed by atoms with E-state index < -0.39 is 0 Å². The van der Waals surface area contributed by atoms with Crippen LogP contribution in [0.25, 0.3) is 0 Å². The Morgan fingerprint density at radius 2 is 1.95 bits per heavy atom. The molecule has 1 aromatic rings. The van der Waals surface area contributed by atoms with Crippen LogP contribution >= 0.6 is 0 Å². The molecular formula is C16H26FNO. The molecule has 0 aliphatic heterocycles. The Hall–Kier alpha value is -0.930. The minimum atomic E-state index is -0.289. The molecule has 1 N–H and O–H groups in total. The summed E-state index contributed by atoms with van der Waals surface area (Å²) >= 11 is 0. The highest BCUT2D eigenvalue weighted by atomic mass is 19.1. The normalized spacial score (nSPS) is 13.5. The number of nitrogens with one attached hydrogen (secondary N) is 1. The topological polar surface area (TPSA) is 21.3 Å². The van der Waals surface area contributed by atoms with Gasteiger partial charge >= 0.3 is 0 Å². The molecule has 0 aliphatic carbocycles. The summed E-state index contributed by atoms with van der Waals surface area (Å²) < 4.78 is 19.3. The lowest BCUT2D eigenvalue weighted by molar-refractivity contribution is -0.0486. The quantitative estimate of drug-likeness (QED) is 0.766. The Labute approximate surface area is 116 Å². The van der Waals surface area contributed by atoms with E-state index in [0.717, 1.165) is 31.4 Å². The van der Waals surface area contributed by atoms with E-state index in [1.54, 1.807) is 19.2 Å². The first-order chi connectivity index (χ1) is 9.13. The highest BCUT2D eigenvalue weighted by molar-refractivity contribution is 5.23. The van der Waals surface area contributed by atoms with Crippen LogP contribution in [-0.4, -0.2) is 19.3 Å². The molecule has 0 aliphatic rings. The van der Waals surface area contributed by atoms with Gasteiger partial charge in [-0.2, -0.15) is 0 Å². The molecule has 1 aromatic carbocycles. The van der Waals surface area contributed by atoms with Crippen molar-refractivity contribution < 1.29 is 9.13 Å². The Balaban J connectivity index is 3.12. The van der Waals surface area contributed by atoms with Gasteiger partial charge in [0, 0.05) is 7.11 Å². The summed E-state index contributed by atoms with van der Waals surface area (Å²) in [4.78, 5) is 0. The highest BCUT2D eigenvalue weighted by Crippen LogP contribution is 2.35. The SMILES string of the molecule is CCCNC(c1cccc(F)c1)C(CC)(CC)OC. The first-order valence-electron chi connectivity index (χ1n) is 7.17. The summed E-state index contributed by atoms with van der Waals surface area (Å²) in [5.74, 6) is -0.196. The Morgan fingerprint density at radius 1 is 1.26 bits per heavy atom. The smallest absolute Gasteiger partial charge is 0.123 e.